The van der Waals surface area contributed by atoms with Crippen LogP contribution in [0.15, 0.2) is 42.5 Å². The molecule has 2 aromatic carbocycles. The highest BCUT2D eigenvalue weighted by Gasteiger charge is 2.24. The molecule has 39 heavy (non-hydrogen) atoms. The standard InChI is InChI=1S/C32H46N2O3S2/c1-24-10-8-9-13-27(24)29-22-26(23-34(19-21-39-4)18-16-25-11-6-5-7-12-25)14-15-28(29)31(35)33-30(17-20-38-3)32(36)37-2/h8-10,13-15,22,25,30H,5-7,11-12,16-21,23H2,1-4H3,(H,33,35)/t30-/m0/s1. The molecule has 0 unspecified atom stereocenters. The Morgan fingerprint density at radius 1 is 1.00 bits per heavy atom. The van der Waals surface area contributed by atoms with Gasteiger partial charge in [0.15, 0.2) is 0 Å². The van der Waals surface area contributed by atoms with E-state index in [0.717, 1.165) is 53.7 Å². The fourth-order valence-electron chi connectivity index (χ4n) is 5.44. The van der Waals surface area contributed by atoms with Gasteiger partial charge < -0.3 is 10.1 Å². The van der Waals surface area contributed by atoms with Crippen molar-refractivity contribution in [1.82, 2.24) is 10.2 Å². The molecule has 1 aliphatic rings. The maximum atomic E-state index is 13.6. The minimum Gasteiger partial charge on any atom is -0.467 e. The molecule has 1 N–H and O–H groups in total. The van der Waals surface area contributed by atoms with Gasteiger partial charge in [-0.05, 0) is 84.9 Å². The lowest BCUT2D eigenvalue weighted by molar-refractivity contribution is -0.142. The Hall–Kier alpha value is -1.96. The third kappa shape index (κ3) is 9.87. The Morgan fingerprint density at radius 3 is 2.44 bits per heavy atom. The molecular formula is C32H46N2O3S2. The van der Waals surface area contributed by atoms with Crippen LogP contribution < -0.4 is 5.32 Å². The Kier molecular flexibility index (Phi) is 13.7. The zero-order valence-corrected chi connectivity index (χ0v) is 25.8. The van der Waals surface area contributed by atoms with Gasteiger partial charge in [0.1, 0.15) is 6.04 Å². The predicted molar refractivity (Wildman–Crippen MR) is 168 cm³/mol. The third-order valence-corrected chi connectivity index (χ3v) is 9.00. The highest BCUT2D eigenvalue weighted by atomic mass is 32.2. The first kappa shape index (κ1) is 31.6. The fourth-order valence-corrected chi connectivity index (χ4v) is 6.35. The zero-order valence-electron chi connectivity index (χ0n) is 24.2. The molecule has 0 aromatic heterocycles. The molecule has 0 bridgehead atoms. The Morgan fingerprint density at radius 2 is 1.74 bits per heavy atom. The number of carbonyl (C=O) groups is 2. The number of amides is 1. The van der Waals surface area contributed by atoms with Crippen molar-refractivity contribution in [1.29, 1.82) is 0 Å². The minimum absolute atomic E-state index is 0.243. The van der Waals surface area contributed by atoms with Crippen molar-refractivity contribution >= 4 is 35.4 Å². The van der Waals surface area contributed by atoms with Crippen LogP contribution in [0.4, 0.5) is 0 Å². The molecule has 5 nitrogen and oxygen atoms in total. The van der Waals surface area contributed by atoms with Gasteiger partial charge in [0, 0.05) is 24.4 Å². The highest BCUT2D eigenvalue weighted by molar-refractivity contribution is 7.98. The number of aryl methyl sites for hydroxylation is 1. The summed E-state index contributed by atoms with van der Waals surface area (Å²) in [5, 5.41) is 2.95. The summed E-state index contributed by atoms with van der Waals surface area (Å²) >= 11 is 3.54. The van der Waals surface area contributed by atoms with Gasteiger partial charge >= 0.3 is 5.97 Å². The number of nitrogens with zero attached hydrogens (tertiary/aromatic N) is 1. The molecular weight excluding hydrogens is 524 g/mol. The summed E-state index contributed by atoms with van der Waals surface area (Å²) in [6.07, 6.45) is 12.9. The first-order valence-corrected chi connectivity index (χ1v) is 17.0. The summed E-state index contributed by atoms with van der Waals surface area (Å²) in [7, 11) is 1.37. The number of hydrogen-bond acceptors (Lipinski definition) is 6. The predicted octanol–water partition coefficient (Wildman–Crippen LogP) is 6.82. The molecule has 7 heteroatoms. The number of rotatable bonds is 15. The van der Waals surface area contributed by atoms with E-state index in [1.54, 1.807) is 11.8 Å². The topological polar surface area (TPSA) is 58.6 Å². The lowest BCUT2D eigenvalue weighted by Crippen LogP contribution is -2.42. The largest absolute Gasteiger partial charge is 0.467 e. The van der Waals surface area contributed by atoms with Crippen molar-refractivity contribution < 1.29 is 14.3 Å². The Balaban J connectivity index is 1.86. The molecule has 214 valence electrons. The minimum atomic E-state index is -0.666. The number of benzene rings is 2. The zero-order chi connectivity index (χ0) is 28.0. The van der Waals surface area contributed by atoms with Crippen LogP contribution in [-0.2, 0) is 16.1 Å². The van der Waals surface area contributed by atoms with Crippen LogP contribution in [0, 0.1) is 12.8 Å². The first-order chi connectivity index (χ1) is 19.0. The van der Waals surface area contributed by atoms with Crippen LogP contribution in [0.2, 0.25) is 0 Å². The molecule has 1 aliphatic carbocycles. The summed E-state index contributed by atoms with van der Waals surface area (Å²) in [5.74, 6) is 2.08. The number of carbonyl (C=O) groups excluding carboxylic acids is 2. The average Bonchev–Trinajstić information content (AvgIpc) is 2.96. The number of methoxy groups -OCH3 is 1. The second-order valence-corrected chi connectivity index (χ2v) is 12.6. The van der Waals surface area contributed by atoms with E-state index >= 15 is 0 Å². The van der Waals surface area contributed by atoms with E-state index in [2.05, 4.69) is 47.7 Å². The van der Waals surface area contributed by atoms with E-state index in [4.69, 9.17) is 4.74 Å². The van der Waals surface area contributed by atoms with Gasteiger partial charge in [0.25, 0.3) is 5.91 Å². The monoisotopic (exact) mass is 570 g/mol. The summed E-state index contributed by atoms with van der Waals surface area (Å²) in [6, 6.07) is 13.7. The van der Waals surface area contributed by atoms with Crippen molar-refractivity contribution in [2.24, 2.45) is 5.92 Å². The van der Waals surface area contributed by atoms with E-state index in [9.17, 15) is 9.59 Å². The van der Waals surface area contributed by atoms with Gasteiger partial charge in [0.2, 0.25) is 0 Å². The maximum Gasteiger partial charge on any atom is 0.328 e. The van der Waals surface area contributed by atoms with Gasteiger partial charge in [0.05, 0.1) is 7.11 Å². The number of nitrogens with one attached hydrogen (secondary N) is 1. The molecule has 2 aromatic rings. The number of thioether (sulfide) groups is 2. The number of ether oxygens (including phenoxy) is 1. The van der Waals surface area contributed by atoms with Crippen LogP contribution >= 0.6 is 23.5 Å². The van der Waals surface area contributed by atoms with E-state index in [1.165, 1.54) is 51.2 Å². The van der Waals surface area contributed by atoms with Crippen molar-refractivity contribution in [2.45, 2.75) is 64.5 Å². The van der Waals surface area contributed by atoms with Gasteiger partial charge in [-0.25, -0.2) is 4.79 Å². The number of esters is 1. The molecule has 1 amide bonds. The van der Waals surface area contributed by atoms with E-state index in [-0.39, 0.29) is 5.91 Å². The van der Waals surface area contributed by atoms with Crippen molar-refractivity contribution in [3.8, 4) is 11.1 Å². The third-order valence-electron chi connectivity index (χ3n) is 7.76. The fraction of sp³-hybridized carbons (Fsp3) is 0.562. The lowest BCUT2D eigenvalue weighted by atomic mass is 9.87. The molecule has 0 aliphatic heterocycles. The van der Waals surface area contributed by atoms with Crippen LogP contribution in [0.25, 0.3) is 11.1 Å². The van der Waals surface area contributed by atoms with Crippen molar-refractivity contribution in [3.63, 3.8) is 0 Å². The second kappa shape index (κ2) is 17.0. The average molecular weight is 571 g/mol. The molecule has 1 saturated carbocycles. The molecule has 3 rings (SSSR count). The van der Waals surface area contributed by atoms with Crippen molar-refractivity contribution in [3.05, 3.63) is 59.2 Å². The molecule has 1 atom stereocenters. The van der Waals surface area contributed by atoms with E-state index < -0.39 is 12.0 Å². The lowest BCUT2D eigenvalue weighted by Gasteiger charge is -2.27. The molecule has 0 heterocycles. The molecule has 0 spiro atoms. The van der Waals surface area contributed by atoms with Crippen LogP contribution in [0.1, 0.15) is 66.4 Å². The second-order valence-electron chi connectivity index (χ2n) is 10.6. The van der Waals surface area contributed by atoms with Crippen molar-refractivity contribution in [2.75, 3.05) is 44.2 Å². The van der Waals surface area contributed by atoms with Gasteiger partial charge in [-0.15, -0.1) is 0 Å². The van der Waals surface area contributed by atoms with Gasteiger partial charge in [-0.3, -0.25) is 9.69 Å². The quantitative estimate of drug-likeness (QED) is 0.237. The van der Waals surface area contributed by atoms with Gasteiger partial charge in [-0.2, -0.15) is 23.5 Å². The Labute approximate surface area is 244 Å². The Bertz CT molecular complexity index is 1060. The SMILES string of the molecule is COC(=O)[C@H](CCSC)NC(=O)c1ccc(CN(CCSC)CCC2CCCCC2)cc1-c1ccccc1C. The van der Waals surface area contributed by atoms with Gasteiger partial charge in [-0.1, -0.05) is 62.4 Å². The van der Waals surface area contributed by atoms with Crippen LogP contribution in [0.5, 0.6) is 0 Å². The molecule has 1 fully saturated rings. The summed E-state index contributed by atoms with van der Waals surface area (Å²) in [4.78, 5) is 28.5. The molecule has 0 saturated heterocycles. The molecule has 0 radical (unpaired) electrons. The normalized spacial score (nSPS) is 14.8. The summed E-state index contributed by atoms with van der Waals surface area (Å²) in [6.45, 7) is 5.12. The van der Waals surface area contributed by atoms with E-state index in [1.807, 2.05) is 36.2 Å². The first-order valence-electron chi connectivity index (χ1n) is 14.2. The van der Waals surface area contributed by atoms with Crippen LogP contribution in [-0.4, -0.2) is 67.0 Å². The smallest absolute Gasteiger partial charge is 0.328 e. The van der Waals surface area contributed by atoms with Crippen LogP contribution in [0.3, 0.4) is 0 Å². The number of hydrogen-bond donors (Lipinski definition) is 1. The summed E-state index contributed by atoms with van der Waals surface area (Å²) in [5.41, 5.74) is 4.87. The highest BCUT2D eigenvalue weighted by Crippen LogP contribution is 2.30. The maximum absolute atomic E-state index is 13.6. The summed E-state index contributed by atoms with van der Waals surface area (Å²) < 4.78 is 4.97. The van der Waals surface area contributed by atoms with E-state index in [0.29, 0.717) is 12.0 Å².